The fourth-order valence-electron chi connectivity index (χ4n) is 3.09. The highest BCUT2D eigenvalue weighted by atomic mass is 32.1. The zero-order chi connectivity index (χ0) is 16.4. The Morgan fingerprint density at radius 1 is 1.39 bits per heavy atom. The van der Waals surface area contributed by atoms with Gasteiger partial charge in [0.05, 0.1) is 0 Å². The molecular formula is C16H25N5OS. The molecule has 3 heterocycles. The van der Waals surface area contributed by atoms with Crippen molar-refractivity contribution in [2.75, 3.05) is 38.6 Å². The number of hydrogen-bond acceptors (Lipinski definition) is 6. The minimum atomic E-state index is -0.0753. The van der Waals surface area contributed by atoms with E-state index >= 15 is 0 Å². The molecule has 7 heteroatoms. The maximum absolute atomic E-state index is 12.2. The summed E-state index contributed by atoms with van der Waals surface area (Å²) in [4.78, 5) is 22.0. The molecular weight excluding hydrogens is 310 g/mol. The molecule has 0 spiro atoms. The van der Waals surface area contributed by atoms with E-state index in [1.807, 2.05) is 0 Å². The molecule has 1 saturated heterocycles. The average molecular weight is 335 g/mol. The van der Waals surface area contributed by atoms with Gasteiger partial charge in [-0.05, 0) is 45.3 Å². The van der Waals surface area contributed by atoms with E-state index in [9.17, 15) is 4.79 Å². The summed E-state index contributed by atoms with van der Waals surface area (Å²) in [6, 6.07) is 1.61. The summed E-state index contributed by atoms with van der Waals surface area (Å²) in [6.45, 7) is 5.42. The minimum absolute atomic E-state index is 0.0753. The Morgan fingerprint density at radius 3 is 2.83 bits per heavy atom. The van der Waals surface area contributed by atoms with E-state index in [0.717, 1.165) is 30.2 Å². The van der Waals surface area contributed by atoms with Gasteiger partial charge in [-0.25, -0.2) is 4.98 Å². The number of piperidine rings is 1. The van der Waals surface area contributed by atoms with Gasteiger partial charge >= 0.3 is 0 Å². The Bertz CT molecular complexity index is 717. The van der Waals surface area contributed by atoms with Crippen molar-refractivity contribution in [2.24, 2.45) is 5.92 Å². The Labute approximate surface area is 140 Å². The monoisotopic (exact) mass is 335 g/mol. The first-order chi connectivity index (χ1) is 11.1. The Hall–Kier alpha value is -1.47. The fourth-order valence-corrected chi connectivity index (χ4v) is 3.99. The standard InChI is InChI=1S/C16H25N5OS/c1-4-5-13-10-14(22)21-15(17-13)23-16(18-21)20(3)11-12-6-8-19(2)9-7-12/h10,12H,4-9,11H2,1-3H3. The number of anilines is 1. The van der Waals surface area contributed by atoms with Crippen molar-refractivity contribution in [1.82, 2.24) is 19.5 Å². The second kappa shape index (κ2) is 6.97. The zero-order valence-electron chi connectivity index (χ0n) is 14.2. The molecule has 6 nitrogen and oxygen atoms in total. The molecule has 0 unspecified atom stereocenters. The smallest absolute Gasteiger partial charge is 0.275 e. The van der Waals surface area contributed by atoms with Crippen molar-refractivity contribution >= 4 is 21.4 Å². The Morgan fingerprint density at radius 2 is 2.13 bits per heavy atom. The van der Waals surface area contributed by atoms with Crippen LogP contribution in [0.2, 0.25) is 0 Å². The van der Waals surface area contributed by atoms with Crippen molar-refractivity contribution < 1.29 is 0 Å². The third-order valence-electron chi connectivity index (χ3n) is 4.49. The summed E-state index contributed by atoms with van der Waals surface area (Å²) < 4.78 is 1.43. The maximum atomic E-state index is 12.2. The van der Waals surface area contributed by atoms with Gasteiger partial charge in [-0.3, -0.25) is 4.79 Å². The maximum Gasteiger partial charge on any atom is 0.275 e. The lowest BCUT2D eigenvalue weighted by Gasteiger charge is -2.31. The second-order valence-corrected chi connectivity index (χ2v) is 7.48. The summed E-state index contributed by atoms with van der Waals surface area (Å²) in [7, 11) is 4.24. The van der Waals surface area contributed by atoms with Crippen LogP contribution in [0, 0.1) is 5.92 Å². The largest absolute Gasteiger partial charge is 0.349 e. The quantitative estimate of drug-likeness (QED) is 0.835. The first kappa shape index (κ1) is 16.4. The normalized spacial score (nSPS) is 17.0. The van der Waals surface area contributed by atoms with Crippen molar-refractivity contribution in [3.8, 4) is 0 Å². The lowest BCUT2D eigenvalue weighted by molar-refractivity contribution is 0.222. The Balaban J connectivity index is 1.77. The summed E-state index contributed by atoms with van der Waals surface area (Å²) in [5.41, 5.74) is 0.791. The number of nitrogens with zero attached hydrogens (tertiary/aromatic N) is 5. The molecule has 2 aromatic rings. The molecule has 1 aliphatic heterocycles. The van der Waals surface area contributed by atoms with Gasteiger partial charge in [0.25, 0.3) is 5.56 Å². The summed E-state index contributed by atoms with van der Waals surface area (Å²) in [6.07, 6.45) is 4.28. The first-order valence-electron chi connectivity index (χ1n) is 8.36. The highest BCUT2D eigenvalue weighted by Crippen LogP contribution is 2.24. The van der Waals surface area contributed by atoms with Gasteiger partial charge in [-0.15, -0.1) is 5.10 Å². The minimum Gasteiger partial charge on any atom is -0.349 e. The predicted molar refractivity (Wildman–Crippen MR) is 94.6 cm³/mol. The van der Waals surface area contributed by atoms with Crippen LogP contribution in [0.1, 0.15) is 31.9 Å². The van der Waals surface area contributed by atoms with E-state index in [2.05, 4.69) is 40.9 Å². The van der Waals surface area contributed by atoms with E-state index in [-0.39, 0.29) is 5.56 Å². The van der Waals surface area contributed by atoms with Gasteiger partial charge in [0.2, 0.25) is 10.1 Å². The van der Waals surface area contributed by atoms with Gasteiger partial charge in [0.1, 0.15) is 0 Å². The van der Waals surface area contributed by atoms with Crippen LogP contribution in [-0.4, -0.2) is 53.2 Å². The van der Waals surface area contributed by atoms with Crippen LogP contribution in [-0.2, 0) is 6.42 Å². The lowest BCUT2D eigenvalue weighted by Crippen LogP contribution is -2.35. The fraction of sp³-hybridized carbons (Fsp3) is 0.688. The van der Waals surface area contributed by atoms with Crippen molar-refractivity contribution in [3.05, 3.63) is 22.1 Å². The average Bonchev–Trinajstić information content (AvgIpc) is 2.95. The van der Waals surface area contributed by atoms with E-state index in [1.165, 1.54) is 41.8 Å². The van der Waals surface area contributed by atoms with E-state index in [1.54, 1.807) is 6.07 Å². The van der Waals surface area contributed by atoms with Crippen LogP contribution in [0.25, 0.3) is 4.96 Å². The van der Waals surface area contributed by atoms with Gasteiger partial charge < -0.3 is 9.80 Å². The van der Waals surface area contributed by atoms with Gasteiger partial charge in [0.15, 0.2) is 0 Å². The summed E-state index contributed by atoms with van der Waals surface area (Å²) in [5, 5.41) is 5.35. The number of rotatable bonds is 5. The number of fused-ring (bicyclic) bond motifs is 1. The third kappa shape index (κ3) is 3.72. The molecule has 23 heavy (non-hydrogen) atoms. The highest BCUT2D eigenvalue weighted by Gasteiger charge is 2.20. The molecule has 0 aromatic carbocycles. The van der Waals surface area contributed by atoms with Gasteiger partial charge in [0, 0.05) is 25.4 Å². The van der Waals surface area contributed by atoms with Crippen LogP contribution in [0.15, 0.2) is 10.9 Å². The molecule has 2 aromatic heterocycles. The topological polar surface area (TPSA) is 53.7 Å². The number of likely N-dealkylation sites (tertiary alicyclic amines) is 1. The molecule has 0 saturated carbocycles. The molecule has 126 valence electrons. The SMILES string of the molecule is CCCc1cc(=O)n2nc(N(C)CC3CCN(C)CC3)sc2n1. The molecule has 0 N–H and O–H groups in total. The van der Waals surface area contributed by atoms with E-state index in [0.29, 0.717) is 10.9 Å². The second-order valence-electron chi connectivity index (χ2n) is 6.54. The summed E-state index contributed by atoms with van der Waals surface area (Å²) in [5.74, 6) is 0.698. The van der Waals surface area contributed by atoms with Crippen LogP contribution >= 0.6 is 11.3 Å². The predicted octanol–water partition coefficient (Wildman–Crippen LogP) is 1.88. The lowest BCUT2D eigenvalue weighted by atomic mass is 9.97. The molecule has 0 aliphatic carbocycles. The third-order valence-corrected chi connectivity index (χ3v) is 5.51. The molecule has 1 aliphatic rings. The molecule has 0 radical (unpaired) electrons. The van der Waals surface area contributed by atoms with Crippen LogP contribution in [0.4, 0.5) is 5.13 Å². The molecule has 0 atom stereocenters. The number of aryl methyl sites for hydroxylation is 1. The van der Waals surface area contributed by atoms with Gasteiger partial charge in [-0.2, -0.15) is 4.52 Å². The van der Waals surface area contributed by atoms with Crippen molar-refractivity contribution in [3.63, 3.8) is 0 Å². The molecule has 0 bridgehead atoms. The van der Waals surface area contributed by atoms with Crippen LogP contribution < -0.4 is 10.5 Å². The Kier molecular flexibility index (Phi) is 4.96. The number of aromatic nitrogens is 3. The van der Waals surface area contributed by atoms with Crippen molar-refractivity contribution in [1.29, 1.82) is 0 Å². The zero-order valence-corrected chi connectivity index (χ0v) is 15.0. The molecule has 1 fully saturated rings. The first-order valence-corrected chi connectivity index (χ1v) is 9.18. The highest BCUT2D eigenvalue weighted by molar-refractivity contribution is 7.20. The van der Waals surface area contributed by atoms with E-state index < -0.39 is 0 Å². The van der Waals surface area contributed by atoms with Gasteiger partial charge in [-0.1, -0.05) is 24.7 Å². The molecule has 0 amide bonds. The van der Waals surface area contributed by atoms with Crippen LogP contribution in [0.3, 0.4) is 0 Å². The van der Waals surface area contributed by atoms with E-state index in [4.69, 9.17) is 0 Å². The summed E-state index contributed by atoms with van der Waals surface area (Å²) >= 11 is 1.50. The number of hydrogen-bond donors (Lipinski definition) is 0. The van der Waals surface area contributed by atoms with Crippen LogP contribution in [0.5, 0.6) is 0 Å². The van der Waals surface area contributed by atoms with Crippen molar-refractivity contribution in [2.45, 2.75) is 32.6 Å². The molecule has 3 rings (SSSR count).